The molecule has 0 atom stereocenters. The molecule has 6 nitrogen and oxygen atoms in total. The zero-order chi connectivity index (χ0) is 18.2. The van der Waals surface area contributed by atoms with Crippen molar-refractivity contribution in [2.75, 3.05) is 24.3 Å². The van der Waals surface area contributed by atoms with Crippen molar-refractivity contribution >= 4 is 23.4 Å². The minimum atomic E-state index is 0.462. The molecule has 1 aromatic heterocycles. The molecule has 0 unspecified atom stereocenters. The number of hydrogen-bond donors (Lipinski definition) is 2. The van der Waals surface area contributed by atoms with Crippen molar-refractivity contribution in [1.29, 1.82) is 0 Å². The molecular weight excluding hydrogens is 350 g/mol. The Labute approximate surface area is 157 Å². The lowest BCUT2D eigenvalue weighted by Gasteiger charge is -2.10. The van der Waals surface area contributed by atoms with Gasteiger partial charge in [-0.1, -0.05) is 41.9 Å². The maximum atomic E-state index is 6.00. The highest BCUT2D eigenvalue weighted by Gasteiger charge is 2.04. The quantitative estimate of drug-likeness (QED) is 0.629. The van der Waals surface area contributed by atoms with Crippen LogP contribution in [0.5, 0.6) is 5.75 Å². The molecule has 0 aliphatic rings. The van der Waals surface area contributed by atoms with E-state index in [9.17, 15) is 0 Å². The lowest BCUT2D eigenvalue weighted by Crippen LogP contribution is -2.10. The predicted molar refractivity (Wildman–Crippen MR) is 104 cm³/mol. The molecule has 0 radical (unpaired) electrons. The van der Waals surface area contributed by atoms with E-state index >= 15 is 0 Å². The number of nitrogens with zero attached hydrogens (tertiary/aromatic N) is 3. The summed E-state index contributed by atoms with van der Waals surface area (Å²) in [4.78, 5) is 4.43. The van der Waals surface area contributed by atoms with E-state index in [1.54, 1.807) is 13.3 Å². The molecule has 3 aromatic rings. The Bertz CT molecular complexity index is 859. The summed E-state index contributed by atoms with van der Waals surface area (Å²) < 4.78 is 5.34. The Morgan fingerprint density at radius 3 is 2.81 bits per heavy atom. The lowest BCUT2D eigenvalue weighted by atomic mass is 10.1. The van der Waals surface area contributed by atoms with E-state index in [0.29, 0.717) is 18.3 Å². The van der Waals surface area contributed by atoms with Gasteiger partial charge in [0.05, 0.1) is 13.3 Å². The van der Waals surface area contributed by atoms with Gasteiger partial charge in [0.15, 0.2) is 5.82 Å². The van der Waals surface area contributed by atoms with Crippen LogP contribution in [0.2, 0.25) is 5.02 Å². The van der Waals surface area contributed by atoms with Crippen LogP contribution in [-0.2, 0) is 13.0 Å². The minimum Gasteiger partial charge on any atom is -0.496 e. The Morgan fingerprint density at radius 1 is 1.08 bits per heavy atom. The van der Waals surface area contributed by atoms with Crippen LogP contribution in [0, 0.1) is 0 Å². The maximum absolute atomic E-state index is 6.00. The second-order valence-electron chi connectivity index (χ2n) is 5.64. The number of ether oxygens (including phenoxy) is 1. The Balaban J connectivity index is 1.54. The van der Waals surface area contributed by atoms with Gasteiger partial charge in [0.1, 0.15) is 5.75 Å². The number of halogens is 1. The van der Waals surface area contributed by atoms with Crippen molar-refractivity contribution in [1.82, 2.24) is 15.2 Å². The summed E-state index contributed by atoms with van der Waals surface area (Å²) in [5.74, 6) is 1.96. The molecule has 0 amide bonds. The fourth-order valence-corrected chi connectivity index (χ4v) is 2.73. The second kappa shape index (κ2) is 9.01. The van der Waals surface area contributed by atoms with Gasteiger partial charge in [-0.3, -0.25) is 0 Å². The van der Waals surface area contributed by atoms with E-state index in [1.165, 1.54) is 5.56 Å². The first-order chi connectivity index (χ1) is 12.7. The number of hydrogen-bond acceptors (Lipinski definition) is 6. The molecule has 26 heavy (non-hydrogen) atoms. The number of anilines is 2. The fraction of sp³-hybridized carbons (Fsp3) is 0.211. The highest BCUT2D eigenvalue weighted by Crippen LogP contribution is 2.18. The first-order valence-corrected chi connectivity index (χ1v) is 8.66. The number of methoxy groups -OCH3 is 1. The summed E-state index contributed by atoms with van der Waals surface area (Å²) in [6.07, 6.45) is 2.45. The van der Waals surface area contributed by atoms with Crippen LogP contribution in [0.4, 0.5) is 11.8 Å². The molecule has 0 aliphatic carbocycles. The summed E-state index contributed by atoms with van der Waals surface area (Å²) in [5.41, 5.74) is 2.19. The Kier molecular flexibility index (Phi) is 6.22. The first kappa shape index (κ1) is 17.9. The predicted octanol–water partition coefficient (Wildman–Crippen LogP) is 3.80. The van der Waals surface area contributed by atoms with Gasteiger partial charge < -0.3 is 15.4 Å². The topological polar surface area (TPSA) is 72.0 Å². The summed E-state index contributed by atoms with van der Waals surface area (Å²) in [7, 11) is 1.65. The molecule has 1 heterocycles. The number of para-hydroxylation sites is 1. The van der Waals surface area contributed by atoms with Crippen LogP contribution in [0.1, 0.15) is 11.1 Å². The summed E-state index contributed by atoms with van der Waals surface area (Å²) in [6.45, 7) is 1.28. The smallest absolute Gasteiger partial charge is 0.244 e. The van der Waals surface area contributed by atoms with Crippen LogP contribution in [0.3, 0.4) is 0 Å². The van der Waals surface area contributed by atoms with Crippen LogP contribution < -0.4 is 15.4 Å². The van der Waals surface area contributed by atoms with Gasteiger partial charge in [-0.05, 0) is 30.2 Å². The van der Waals surface area contributed by atoms with Crippen molar-refractivity contribution in [3.8, 4) is 5.75 Å². The third-order valence-electron chi connectivity index (χ3n) is 3.80. The monoisotopic (exact) mass is 369 g/mol. The first-order valence-electron chi connectivity index (χ1n) is 8.28. The van der Waals surface area contributed by atoms with Gasteiger partial charge in [0.2, 0.25) is 5.95 Å². The van der Waals surface area contributed by atoms with Gasteiger partial charge in [0, 0.05) is 23.7 Å². The maximum Gasteiger partial charge on any atom is 0.244 e. The zero-order valence-corrected chi connectivity index (χ0v) is 15.2. The molecule has 7 heteroatoms. The molecule has 0 fully saturated rings. The highest BCUT2D eigenvalue weighted by molar-refractivity contribution is 6.30. The van der Waals surface area contributed by atoms with E-state index in [1.807, 2.05) is 48.5 Å². The molecule has 2 N–H and O–H groups in total. The molecular formula is C19H20ClN5O. The van der Waals surface area contributed by atoms with Crippen molar-refractivity contribution in [3.05, 3.63) is 70.9 Å². The lowest BCUT2D eigenvalue weighted by molar-refractivity contribution is 0.410. The molecule has 0 spiro atoms. The molecule has 0 saturated heterocycles. The Hall–Kier alpha value is -2.86. The molecule has 0 bridgehead atoms. The Morgan fingerprint density at radius 2 is 1.96 bits per heavy atom. The standard InChI is InChI=1S/C19H20ClN5O/c1-26-17-8-3-2-6-15(17)12-22-19-24-18(13-23-25-19)21-10-9-14-5-4-7-16(20)11-14/h2-8,11,13H,9-10,12H2,1H3,(H2,21,22,24,25). The SMILES string of the molecule is COc1ccccc1CNc1nncc(NCCc2cccc(Cl)c2)n1. The van der Waals surface area contributed by atoms with Crippen molar-refractivity contribution < 1.29 is 4.74 Å². The number of nitrogens with one attached hydrogen (secondary N) is 2. The minimum absolute atomic E-state index is 0.462. The van der Waals surface area contributed by atoms with E-state index < -0.39 is 0 Å². The van der Waals surface area contributed by atoms with Gasteiger partial charge in [-0.2, -0.15) is 10.1 Å². The normalized spacial score (nSPS) is 10.4. The summed E-state index contributed by atoms with van der Waals surface area (Å²) in [6, 6.07) is 15.6. The van der Waals surface area contributed by atoms with Crippen LogP contribution in [-0.4, -0.2) is 28.8 Å². The number of aromatic nitrogens is 3. The van der Waals surface area contributed by atoms with Gasteiger partial charge in [-0.25, -0.2) is 0 Å². The van der Waals surface area contributed by atoms with Gasteiger partial charge in [0.25, 0.3) is 0 Å². The molecule has 134 valence electrons. The van der Waals surface area contributed by atoms with Crippen LogP contribution >= 0.6 is 11.6 Å². The number of rotatable bonds is 8. The third-order valence-corrected chi connectivity index (χ3v) is 4.03. The van der Waals surface area contributed by atoms with Crippen LogP contribution in [0.25, 0.3) is 0 Å². The third kappa shape index (κ3) is 5.07. The molecule has 0 aliphatic heterocycles. The van der Waals surface area contributed by atoms with E-state index in [4.69, 9.17) is 16.3 Å². The summed E-state index contributed by atoms with van der Waals surface area (Å²) >= 11 is 6.00. The zero-order valence-electron chi connectivity index (χ0n) is 14.4. The summed E-state index contributed by atoms with van der Waals surface area (Å²) in [5, 5.41) is 15.2. The van der Waals surface area contributed by atoms with Gasteiger partial charge in [-0.15, -0.1) is 5.10 Å². The highest BCUT2D eigenvalue weighted by atomic mass is 35.5. The largest absolute Gasteiger partial charge is 0.496 e. The number of benzene rings is 2. The molecule has 3 rings (SSSR count). The van der Waals surface area contributed by atoms with Crippen molar-refractivity contribution in [3.63, 3.8) is 0 Å². The van der Waals surface area contributed by atoms with E-state index in [-0.39, 0.29) is 0 Å². The van der Waals surface area contributed by atoms with Crippen LogP contribution in [0.15, 0.2) is 54.7 Å². The van der Waals surface area contributed by atoms with E-state index in [0.717, 1.165) is 29.3 Å². The van der Waals surface area contributed by atoms with Crippen molar-refractivity contribution in [2.24, 2.45) is 0 Å². The average molecular weight is 370 g/mol. The second-order valence-corrected chi connectivity index (χ2v) is 6.07. The van der Waals surface area contributed by atoms with E-state index in [2.05, 4.69) is 25.8 Å². The molecule has 0 saturated carbocycles. The molecule has 2 aromatic carbocycles. The van der Waals surface area contributed by atoms with Crippen molar-refractivity contribution in [2.45, 2.75) is 13.0 Å². The van der Waals surface area contributed by atoms with Gasteiger partial charge >= 0.3 is 0 Å². The fourth-order valence-electron chi connectivity index (χ4n) is 2.51. The average Bonchev–Trinajstić information content (AvgIpc) is 2.67.